The maximum absolute atomic E-state index is 12.9. The number of hydrogen-bond acceptors (Lipinski definition) is 6. The van der Waals surface area contributed by atoms with Gasteiger partial charge in [0.2, 0.25) is 11.8 Å². The third kappa shape index (κ3) is 7.37. The van der Waals surface area contributed by atoms with Crippen LogP contribution in [0.15, 0.2) is 52.3 Å². The molecule has 3 amide bonds. The maximum Gasteiger partial charge on any atom is 0.255 e. The predicted molar refractivity (Wildman–Crippen MR) is 139 cm³/mol. The number of phenols is 1. The van der Waals surface area contributed by atoms with Crippen LogP contribution in [0.4, 0.5) is 5.13 Å². The van der Waals surface area contributed by atoms with Crippen molar-refractivity contribution in [3.8, 4) is 5.75 Å². The molecule has 0 unspecified atom stereocenters. The standard InChI is InChI=1S/C25H27BrN4O4S/c1-15(2)23(33)29-25-28-18(14-35-25)10-22(32)27-12-16-6-4-5-7-17(16)13-30(3)24(34)20-11-19(31)8-9-21(20)26/h4-9,11,14-15,31H,10,12-13H2,1-3H3,(H,27,32)(H,28,29,33). The van der Waals surface area contributed by atoms with Crippen LogP contribution in [0.25, 0.3) is 0 Å². The zero-order chi connectivity index (χ0) is 25.5. The van der Waals surface area contributed by atoms with Crippen molar-refractivity contribution in [2.24, 2.45) is 5.92 Å². The molecule has 0 atom stereocenters. The van der Waals surface area contributed by atoms with Gasteiger partial charge in [-0.1, -0.05) is 38.1 Å². The number of benzene rings is 2. The highest BCUT2D eigenvalue weighted by Crippen LogP contribution is 2.24. The van der Waals surface area contributed by atoms with Crippen molar-refractivity contribution in [3.63, 3.8) is 0 Å². The molecule has 0 saturated heterocycles. The molecule has 0 aliphatic rings. The van der Waals surface area contributed by atoms with E-state index in [-0.39, 0.29) is 35.8 Å². The second-order valence-corrected chi connectivity index (χ2v) is 10.0. The van der Waals surface area contributed by atoms with Crippen LogP contribution in [0, 0.1) is 5.92 Å². The first-order chi connectivity index (χ1) is 16.6. The molecule has 0 saturated carbocycles. The van der Waals surface area contributed by atoms with E-state index in [9.17, 15) is 19.5 Å². The summed E-state index contributed by atoms with van der Waals surface area (Å²) in [7, 11) is 1.69. The summed E-state index contributed by atoms with van der Waals surface area (Å²) in [5, 5.41) is 17.6. The van der Waals surface area contributed by atoms with Crippen LogP contribution < -0.4 is 10.6 Å². The molecule has 0 spiro atoms. The van der Waals surface area contributed by atoms with Gasteiger partial charge in [-0.25, -0.2) is 4.98 Å². The third-order valence-corrected chi connectivity index (χ3v) is 6.67. The Kier molecular flexibility index (Phi) is 9.00. The van der Waals surface area contributed by atoms with Gasteiger partial charge in [0.1, 0.15) is 5.75 Å². The molecule has 0 bridgehead atoms. The lowest BCUT2D eigenvalue weighted by Crippen LogP contribution is -2.28. The van der Waals surface area contributed by atoms with Gasteiger partial charge >= 0.3 is 0 Å². The highest BCUT2D eigenvalue weighted by Gasteiger charge is 2.17. The summed E-state index contributed by atoms with van der Waals surface area (Å²) in [6.45, 7) is 4.23. The van der Waals surface area contributed by atoms with Gasteiger partial charge in [0.15, 0.2) is 5.13 Å². The van der Waals surface area contributed by atoms with Gasteiger partial charge in [0.25, 0.3) is 5.91 Å². The predicted octanol–water partition coefficient (Wildman–Crippen LogP) is 4.34. The lowest BCUT2D eigenvalue weighted by atomic mass is 10.1. The van der Waals surface area contributed by atoms with Crippen LogP contribution >= 0.6 is 27.3 Å². The highest BCUT2D eigenvalue weighted by molar-refractivity contribution is 9.10. The number of hydrogen-bond donors (Lipinski definition) is 3. The molecular weight excluding hydrogens is 532 g/mol. The van der Waals surface area contributed by atoms with E-state index in [0.717, 1.165) is 11.1 Å². The second-order valence-electron chi connectivity index (χ2n) is 8.34. The maximum atomic E-state index is 12.9. The van der Waals surface area contributed by atoms with Gasteiger partial charge in [-0.2, -0.15) is 0 Å². The van der Waals surface area contributed by atoms with Gasteiger partial charge in [-0.3, -0.25) is 14.4 Å². The van der Waals surface area contributed by atoms with E-state index in [2.05, 4.69) is 31.5 Å². The van der Waals surface area contributed by atoms with Crippen molar-refractivity contribution in [1.29, 1.82) is 0 Å². The second kappa shape index (κ2) is 11.9. The minimum Gasteiger partial charge on any atom is -0.508 e. The summed E-state index contributed by atoms with van der Waals surface area (Å²) in [5.41, 5.74) is 2.73. The third-order valence-electron chi connectivity index (χ3n) is 5.18. The Morgan fingerprint density at radius 2 is 1.86 bits per heavy atom. The lowest BCUT2D eigenvalue weighted by Gasteiger charge is -2.20. The molecule has 3 rings (SSSR count). The van der Waals surface area contributed by atoms with Crippen molar-refractivity contribution < 1.29 is 19.5 Å². The number of aromatic hydroxyl groups is 1. The monoisotopic (exact) mass is 558 g/mol. The number of carbonyl (C=O) groups excluding carboxylic acids is 3. The number of aromatic nitrogens is 1. The molecule has 3 aromatic rings. The molecule has 0 aliphatic heterocycles. The Bertz CT molecular complexity index is 1230. The first-order valence-electron chi connectivity index (χ1n) is 11.0. The summed E-state index contributed by atoms with van der Waals surface area (Å²) in [5.74, 6) is -0.689. The Balaban J connectivity index is 1.59. The Labute approximate surface area is 216 Å². The van der Waals surface area contributed by atoms with E-state index in [1.165, 1.54) is 23.5 Å². The van der Waals surface area contributed by atoms with Crippen LogP contribution in [0.1, 0.15) is 41.0 Å². The molecule has 35 heavy (non-hydrogen) atoms. The average Bonchev–Trinajstić information content (AvgIpc) is 3.25. The van der Waals surface area contributed by atoms with E-state index >= 15 is 0 Å². The van der Waals surface area contributed by atoms with Crippen molar-refractivity contribution in [2.75, 3.05) is 12.4 Å². The number of phenolic OH excluding ortho intramolecular Hbond substituents is 1. The van der Waals surface area contributed by atoms with Gasteiger partial charge < -0.3 is 20.6 Å². The number of anilines is 1. The summed E-state index contributed by atoms with van der Waals surface area (Å²) in [6.07, 6.45) is 0.0974. The number of nitrogens with zero attached hydrogens (tertiary/aromatic N) is 2. The van der Waals surface area contributed by atoms with Gasteiger partial charge in [0.05, 0.1) is 17.7 Å². The van der Waals surface area contributed by atoms with E-state index < -0.39 is 0 Å². The number of thiazole rings is 1. The molecule has 184 valence electrons. The topological polar surface area (TPSA) is 112 Å². The highest BCUT2D eigenvalue weighted by atomic mass is 79.9. The molecule has 0 radical (unpaired) electrons. The molecular formula is C25H27BrN4O4S. The van der Waals surface area contributed by atoms with E-state index in [1.807, 2.05) is 24.3 Å². The Morgan fingerprint density at radius 3 is 2.57 bits per heavy atom. The number of amides is 3. The minimum atomic E-state index is -0.240. The van der Waals surface area contributed by atoms with Gasteiger partial charge in [0, 0.05) is 35.9 Å². The fourth-order valence-electron chi connectivity index (χ4n) is 3.21. The Hall–Kier alpha value is -3.24. The van der Waals surface area contributed by atoms with Crippen molar-refractivity contribution in [3.05, 3.63) is 74.7 Å². The molecule has 1 heterocycles. The summed E-state index contributed by atoms with van der Waals surface area (Å²) in [4.78, 5) is 43.1. The average molecular weight is 559 g/mol. The zero-order valence-electron chi connectivity index (χ0n) is 19.7. The fraction of sp³-hybridized carbons (Fsp3) is 0.280. The van der Waals surface area contributed by atoms with E-state index in [0.29, 0.717) is 34.0 Å². The molecule has 0 fully saturated rings. The van der Waals surface area contributed by atoms with Gasteiger partial charge in [-0.05, 0) is 45.3 Å². The largest absolute Gasteiger partial charge is 0.508 e. The molecule has 8 nitrogen and oxygen atoms in total. The summed E-state index contributed by atoms with van der Waals surface area (Å²) in [6, 6.07) is 12.1. The molecule has 3 N–H and O–H groups in total. The zero-order valence-corrected chi connectivity index (χ0v) is 22.1. The SMILES string of the molecule is CC(C)C(=O)Nc1nc(CC(=O)NCc2ccccc2CN(C)C(=O)c2cc(O)ccc2Br)cs1. The first-order valence-corrected chi connectivity index (χ1v) is 12.6. The Morgan fingerprint density at radius 1 is 1.14 bits per heavy atom. The van der Waals surface area contributed by atoms with Crippen molar-refractivity contribution >= 4 is 50.1 Å². The number of carbonyl (C=O) groups is 3. The van der Waals surface area contributed by atoms with E-state index in [4.69, 9.17) is 0 Å². The molecule has 1 aromatic heterocycles. The van der Waals surface area contributed by atoms with Crippen LogP contribution in [0.3, 0.4) is 0 Å². The number of halogens is 1. The van der Waals surface area contributed by atoms with Crippen molar-refractivity contribution in [2.45, 2.75) is 33.4 Å². The minimum absolute atomic E-state index is 0.0163. The van der Waals surface area contributed by atoms with Crippen molar-refractivity contribution in [1.82, 2.24) is 15.2 Å². The van der Waals surface area contributed by atoms with Crippen LogP contribution in [-0.4, -0.2) is 39.8 Å². The number of nitrogens with one attached hydrogen (secondary N) is 2. The fourth-order valence-corrected chi connectivity index (χ4v) is 4.34. The van der Waals surface area contributed by atoms with Crippen LogP contribution in [0.5, 0.6) is 5.75 Å². The molecule has 0 aliphatic carbocycles. The van der Waals surface area contributed by atoms with E-state index in [1.54, 1.807) is 37.2 Å². The molecule has 10 heteroatoms. The summed E-state index contributed by atoms with van der Waals surface area (Å²) >= 11 is 4.64. The van der Waals surface area contributed by atoms with Crippen LogP contribution in [0.2, 0.25) is 0 Å². The first kappa shape index (κ1) is 26.4. The quantitative estimate of drug-likeness (QED) is 0.361. The normalized spacial score (nSPS) is 10.8. The van der Waals surface area contributed by atoms with Crippen LogP contribution in [-0.2, 0) is 29.1 Å². The number of rotatable bonds is 9. The lowest BCUT2D eigenvalue weighted by molar-refractivity contribution is -0.120. The molecule has 2 aromatic carbocycles. The smallest absolute Gasteiger partial charge is 0.255 e. The van der Waals surface area contributed by atoms with Gasteiger partial charge in [-0.15, -0.1) is 11.3 Å². The summed E-state index contributed by atoms with van der Waals surface area (Å²) < 4.78 is 0.599.